The normalized spacial score (nSPS) is 10.6. The summed E-state index contributed by atoms with van der Waals surface area (Å²) in [4.78, 5) is 0. The third-order valence-corrected chi connectivity index (χ3v) is 3.76. The molecule has 2 N–H and O–H groups in total. The number of benzene rings is 2. The van der Waals surface area contributed by atoms with Gasteiger partial charge in [-0.1, -0.05) is 30.3 Å². The van der Waals surface area contributed by atoms with Gasteiger partial charge in [-0.2, -0.15) is 5.10 Å². The molecule has 3 aromatic rings. The molecule has 1 aromatic heterocycles. The standard InChI is InChI=1S/C18H19N3/c1-13-3-4-15(11-14(13)2)12-19-17-7-5-16(6-8-17)18-9-10-20-21-18/h3-11,19H,12H2,1-2H3,(H,20,21). The van der Waals surface area contributed by atoms with E-state index in [1.54, 1.807) is 6.20 Å². The highest BCUT2D eigenvalue weighted by Crippen LogP contribution is 2.19. The van der Waals surface area contributed by atoms with Crippen molar-refractivity contribution in [3.8, 4) is 11.3 Å². The summed E-state index contributed by atoms with van der Waals surface area (Å²) < 4.78 is 0. The fourth-order valence-electron chi connectivity index (χ4n) is 2.30. The van der Waals surface area contributed by atoms with Crippen LogP contribution in [0.5, 0.6) is 0 Å². The predicted octanol–water partition coefficient (Wildman–Crippen LogP) is 4.31. The van der Waals surface area contributed by atoms with Crippen LogP contribution in [0.2, 0.25) is 0 Å². The molecular formula is C18H19N3. The highest BCUT2D eigenvalue weighted by Gasteiger charge is 2.00. The second kappa shape index (κ2) is 5.83. The molecule has 0 radical (unpaired) electrons. The number of hydrogen-bond acceptors (Lipinski definition) is 2. The lowest BCUT2D eigenvalue weighted by molar-refractivity contribution is 1.09. The first-order chi connectivity index (χ1) is 10.2. The van der Waals surface area contributed by atoms with Gasteiger partial charge in [0.25, 0.3) is 0 Å². The molecule has 3 heteroatoms. The molecule has 0 bridgehead atoms. The molecule has 1 heterocycles. The Kier molecular flexibility index (Phi) is 3.73. The Labute approximate surface area is 125 Å². The number of H-pyrrole nitrogens is 1. The van der Waals surface area contributed by atoms with Crippen LogP contribution in [0.4, 0.5) is 5.69 Å². The van der Waals surface area contributed by atoms with Crippen LogP contribution in [0.15, 0.2) is 54.7 Å². The van der Waals surface area contributed by atoms with E-state index < -0.39 is 0 Å². The van der Waals surface area contributed by atoms with Crippen LogP contribution in [0.25, 0.3) is 11.3 Å². The van der Waals surface area contributed by atoms with E-state index in [4.69, 9.17) is 0 Å². The van der Waals surface area contributed by atoms with E-state index in [2.05, 4.69) is 71.8 Å². The molecule has 3 nitrogen and oxygen atoms in total. The van der Waals surface area contributed by atoms with Crippen LogP contribution < -0.4 is 5.32 Å². The summed E-state index contributed by atoms with van der Waals surface area (Å²) in [5.74, 6) is 0. The third-order valence-electron chi connectivity index (χ3n) is 3.76. The number of aryl methyl sites for hydroxylation is 2. The summed E-state index contributed by atoms with van der Waals surface area (Å²) >= 11 is 0. The zero-order chi connectivity index (χ0) is 14.7. The molecule has 0 unspecified atom stereocenters. The first-order valence-electron chi connectivity index (χ1n) is 7.12. The molecule has 0 spiro atoms. The quantitative estimate of drug-likeness (QED) is 0.746. The average molecular weight is 277 g/mol. The van der Waals surface area contributed by atoms with E-state index in [1.165, 1.54) is 16.7 Å². The van der Waals surface area contributed by atoms with Crippen molar-refractivity contribution in [3.05, 3.63) is 71.4 Å². The molecule has 0 amide bonds. The maximum absolute atomic E-state index is 3.97. The third kappa shape index (κ3) is 3.14. The molecular weight excluding hydrogens is 258 g/mol. The Morgan fingerprint density at radius 2 is 1.76 bits per heavy atom. The first kappa shape index (κ1) is 13.4. The second-order valence-electron chi connectivity index (χ2n) is 5.32. The summed E-state index contributed by atoms with van der Waals surface area (Å²) in [5.41, 5.74) is 7.28. The van der Waals surface area contributed by atoms with Gasteiger partial charge < -0.3 is 5.32 Å². The Bertz CT molecular complexity index is 713. The molecule has 0 saturated carbocycles. The summed E-state index contributed by atoms with van der Waals surface area (Å²) in [5, 5.41) is 10.4. The second-order valence-corrected chi connectivity index (χ2v) is 5.32. The van der Waals surface area contributed by atoms with Crippen LogP contribution in [-0.2, 0) is 6.54 Å². The fourth-order valence-corrected chi connectivity index (χ4v) is 2.30. The summed E-state index contributed by atoms with van der Waals surface area (Å²) in [6.07, 6.45) is 1.77. The summed E-state index contributed by atoms with van der Waals surface area (Å²) in [7, 11) is 0. The molecule has 21 heavy (non-hydrogen) atoms. The Balaban J connectivity index is 1.66. The Morgan fingerprint density at radius 3 is 2.43 bits per heavy atom. The maximum atomic E-state index is 3.97. The lowest BCUT2D eigenvalue weighted by atomic mass is 10.1. The van der Waals surface area contributed by atoms with E-state index in [1.807, 2.05) is 6.07 Å². The minimum atomic E-state index is 0.838. The molecule has 0 aliphatic rings. The lowest BCUT2D eigenvalue weighted by Crippen LogP contribution is -2.00. The van der Waals surface area contributed by atoms with E-state index >= 15 is 0 Å². The molecule has 0 aliphatic carbocycles. The molecule has 106 valence electrons. The average Bonchev–Trinajstić information content (AvgIpc) is 3.03. The van der Waals surface area contributed by atoms with Gasteiger partial charge in [0.05, 0.1) is 5.69 Å². The van der Waals surface area contributed by atoms with Gasteiger partial charge in [0.2, 0.25) is 0 Å². The monoisotopic (exact) mass is 277 g/mol. The molecule has 0 saturated heterocycles. The number of aromatic amines is 1. The molecule has 0 aliphatic heterocycles. The number of rotatable bonds is 4. The van der Waals surface area contributed by atoms with E-state index in [0.717, 1.165) is 23.5 Å². The largest absolute Gasteiger partial charge is 0.381 e. The van der Waals surface area contributed by atoms with Gasteiger partial charge in [0, 0.05) is 18.4 Å². The van der Waals surface area contributed by atoms with Crippen molar-refractivity contribution in [3.63, 3.8) is 0 Å². The van der Waals surface area contributed by atoms with Gasteiger partial charge in [0.15, 0.2) is 0 Å². The van der Waals surface area contributed by atoms with Crippen molar-refractivity contribution in [1.82, 2.24) is 10.2 Å². The molecule has 0 fully saturated rings. The van der Waals surface area contributed by atoms with Crippen LogP contribution in [0.3, 0.4) is 0 Å². The number of nitrogens with zero attached hydrogens (tertiary/aromatic N) is 1. The highest BCUT2D eigenvalue weighted by molar-refractivity contribution is 5.62. The van der Waals surface area contributed by atoms with E-state index in [-0.39, 0.29) is 0 Å². The highest BCUT2D eigenvalue weighted by atomic mass is 15.1. The molecule has 3 rings (SSSR count). The lowest BCUT2D eigenvalue weighted by Gasteiger charge is -2.09. The van der Waals surface area contributed by atoms with Crippen molar-refractivity contribution >= 4 is 5.69 Å². The zero-order valence-corrected chi connectivity index (χ0v) is 12.4. The van der Waals surface area contributed by atoms with Crippen LogP contribution in [0, 0.1) is 13.8 Å². The number of aromatic nitrogens is 2. The number of nitrogens with one attached hydrogen (secondary N) is 2. The first-order valence-corrected chi connectivity index (χ1v) is 7.12. The van der Waals surface area contributed by atoms with Crippen LogP contribution in [-0.4, -0.2) is 10.2 Å². The maximum Gasteiger partial charge on any atom is 0.0650 e. The van der Waals surface area contributed by atoms with Crippen molar-refractivity contribution < 1.29 is 0 Å². The van der Waals surface area contributed by atoms with Gasteiger partial charge >= 0.3 is 0 Å². The van der Waals surface area contributed by atoms with E-state index in [0.29, 0.717) is 0 Å². The van der Waals surface area contributed by atoms with E-state index in [9.17, 15) is 0 Å². The summed E-state index contributed by atoms with van der Waals surface area (Å²) in [6, 6.07) is 16.9. The van der Waals surface area contributed by atoms with Crippen LogP contribution in [0.1, 0.15) is 16.7 Å². The topological polar surface area (TPSA) is 40.7 Å². The van der Waals surface area contributed by atoms with Gasteiger partial charge in [0.1, 0.15) is 0 Å². The minimum Gasteiger partial charge on any atom is -0.381 e. The zero-order valence-electron chi connectivity index (χ0n) is 12.4. The predicted molar refractivity (Wildman–Crippen MR) is 87.3 cm³/mol. The van der Waals surface area contributed by atoms with Gasteiger partial charge in [-0.05, 0) is 54.3 Å². The molecule has 0 atom stereocenters. The SMILES string of the molecule is Cc1ccc(CNc2ccc(-c3ccn[nH]3)cc2)cc1C. The van der Waals surface area contributed by atoms with Crippen molar-refractivity contribution in [2.24, 2.45) is 0 Å². The molecule has 2 aromatic carbocycles. The van der Waals surface area contributed by atoms with Crippen molar-refractivity contribution in [1.29, 1.82) is 0 Å². The summed E-state index contributed by atoms with van der Waals surface area (Å²) in [6.45, 7) is 5.13. The fraction of sp³-hybridized carbons (Fsp3) is 0.167. The number of hydrogen-bond donors (Lipinski definition) is 2. The van der Waals surface area contributed by atoms with Gasteiger partial charge in [-0.3, -0.25) is 5.10 Å². The Hall–Kier alpha value is -2.55. The van der Waals surface area contributed by atoms with Crippen LogP contribution >= 0.6 is 0 Å². The van der Waals surface area contributed by atoms with Gasteiger partial charge in [-0.15, -0.1) is 0 Å². The van der Waals surface area contributed by atoms with Crippen molar-refractivity contribution in [2.45, 2.75) is 20.4 Å². The number of anilines is 1. The smallest absolute Gasteiger partial charge is 0.0650 e. The minimum absolute atomic E-state index is 0.838. The Morgan fingerprint density at radius 1 is 0.952 bits per heavy atom. The van der Waals surface area contributed by atoms with Crippen molar-refractivity contribution in [2.75, 3.05) is 5.32 Å². The van der Waals surface area contributed by atoms with Gasteiger partial charge in [-0.25, -0.2) is 0 Å².